The number of rotatable bonds is 5. The van der Waals surface area contributed by atoms with Gasteiger partial charge in [-0.05, 0) is 24.3 Å². The van der Waals surface area contributed by atoms with Crippen LogP contribution in [0.5, 0.6) is 0 Å². The average Bonchev–Trinajstić information content (AvgIpc) is 3.34. The van der Waals surface area contributed by atoms with Gasteiger partial charge in [0.25, 0.3) is 5.91 Å². The largest absolute Gasteiger partial charge is 0.449 e. The number of nitrogens with one attached hydrogen (secondary N) is 1. The number of aryl methyl sites for hydroxylation is 1. The lowest BCUT2D eigenvalue weighted by Crippen LogP contribution is -2.40. The first-order valence-electron chi connectivity index (χ1n) is 10.4. The maximum Gasteiger partial charge on any atom is 0.419 e. The second-order valence-corrected chi connectivity index (χ2v) is 7.49. The van der Waals surface area contributed by atoms with E-state index in [0.29, 0.717) is 54.1 Å². The highest BCUT2D eigenvalue weighted by Gasteiger charge is 2.27. The fraction of sp³-hybridized carbons (Fsp3) is 0.261. The maximum atomic E-state index is 13.1. The third-order valence-corrected chi connectivity index (χ3v) is 5.49. The van der Waals surface area contributed by atoms with Crippen molar-refractivity contribution in [1.82, 2.24) is 9.47 Å². The molecule has 2 amide bonds. The molecule has 1 saturated heterocycles. The van der Waals surface area contributed by atoms with E-state index in [9.17, 15) is 14.4 Å². The first-order valence-corrected chi connectivity index (χ1v) is 10.4. The molecule has 0 spiro atoms. The van der Waals surface area contributed by atoms with Crippen LogP contribution in [0.3, 0.4) is 0 Å². The molecular weight excluding hydrogens is 414 g/mol. The molecule has 0 bridgehead atoms. The number of hydrogen-bond donors (Lipinski definition) is 1. The summed E-state index contributed by atoms with van der Waals surface area (Å²) in [4.78, 5) is 39.7. The standard InChI is InChI=1S/C23H21N3O6/c27-19(9-10-26-16-6-2-4-8-18(16)32-23(26)29)24-20-15-5-1-3-7-17(15)31-21(20)22(28)25-11-13-30-14-12-25/h1-8H,9-14H2,(H,24,27). The topological polar surface area (TPSA) is 107 Å². The predicted octanol–water partition coefficient (Wildman–Crippen LogP) is 2.84. The van der Waals surface area contributed by atoms with Gasteiger partial charge in [0, 0.05) is 31.4 Å². The molecule has 9 nitrogen and oxygen atoms in total. The molecule has 1 N–H and O–H groups in total. The Balaban J connectivity index is 1.39. The summed E-state index contributed by atoms with van der Waals surface area (Å²) in [6.07, 6.45) is 0.0220. The summed E-state index contributed by atoms with van der Waals surface area (Å²) < 4.78 is 17.8. The number of oxazole rings is 1. The lowest BCUT2D eigenvalue weighted by atomic mass is 10.2. The summed E-state index contributed by atoms with van der Waals surface area (Å²) in [6.45, 7) is 1.98. The second-order valence-electron chi connectivity index (χ2n) is 7.49. The van der Waals surface area contributed by atoms with Crippen molar-refractivity contribution in [2.75, 3.05) is 31.6 Å². The number of anilines is 1. The first-order chi connectivity index (χ1) is 15.6. The number of carbonyl (C=O) groups excluding carboxylic acids is 2. The Morgan fingerprint density at radius 1 is 0.938 bits per heavy atom. The van der Waals surface area contributed by atoms with Crippen LogP contribution < -0.4 is 11.1 Å². The Hall–Kier alpha value is -3.85. The average molecular weight is 435 g/mol. The number of para-hydroxylation sites is 3. The van der Waals surface area contributed by atoms with Crippen LogP contribution in [0.1, 0.15) is 17.0 Å². The third kappa shape index (κ3) is 3.67. The van der Waals surface area contributed by atoms with Crippen LogP contribution in [-0.4, -0.2) is 47.6 Å². The van der Waals surface area contributed by atoms with E-state index in [-0.39, 0.29) is 30.5 Å². The van der Waals surface area contributed by atoms with E-state index in [1.807, 2.05) is 6.07 Å². The number of aromatic nitrogens is 1. The van der Waals surface area contributed by atoms with Crippen LogP contribution >= 0.6 is 0 Å². The molecule has 164 valence electrons. The Kier molecular flexibility index (Phi) is 5.24. The summed E-state index contributed by atoms with van der Waals surface area (Å²) >= 11 is 0. The van der Waals surface area contributed by atoms with Gasteiger partial charge in [-0.1, -0.05) is 24.3 Å². The Labute approximate surface area is 182 Å². The van der Waals surface area contributed by atoms with E-state index < -0.39 is 5.76 Å². The zero-order chi connectivity index (χ0) is 22.1. The number of ether oxygens (including phenoxy) is 1. The lowest BCUT2D eigenvalue weighted by molar-refractivity contribution is -0.116. The summed E-state index contributed by atoms with van der Waals surface area (Å²) in [6, 6.07) is 14.2. The van der Waals surface area contributed by atoms with Gasteiger partial charge in [0.1, 0.15) is 11.3 Å². The highest BCUT2D eigenvalue weighted by molar-refractivity contribution is 6.10. The van der Waals surface area contributed by atoms with Gasteiger partial charge in [0.2, 0.25) is 11.7 Å². The maximum absolute atomic E-state index is 13.1. The SMILES string of the molecule is O=C(CCn1c(=O)oc2ccccc21)Nc1c(C(=O)N2CCOCC2)oc2ccccc12. The van der Waals surface area contributed by atoms with Crippen molar-refractivity contribution in [2.45, 2.75) is 13.0 Å². The van der Waals surface area contributed by atoms with Crippen LogP contribution in [-0.2, 0) is 16.1 Å². The Bertz CT molecular complexity index is 1360. The molecule has 3 heterocycles. The first kappa shape index (κ1) is 20.1. The summed E-state index contributed by atoms with van der Waals surface area (Å²) in [5, 5.41) is 3.47. The van der Waals surface area contributed by atoms with E-state index in [0.717, 1.165) is 0 Å². The van der Waals surface area contributed by atoms with Gasteiger partial charge in [0.15, 0.2) is 5.58 Å². The Morgan fingerprint density at radius 2 is 1.66 bits per heavy atom. The van der Waals surface area contributed by atoms with Crippen molar-refractivity contribution in [3.8, 4) is 0 Å². The fourth-order valence-corrected chi connectivity index (χ4v) is 3.87. The molecule has 2 aromatic carbocycles. The van der Waals surface area contributed by atoms with Crippen LogP contribution in [0.2, 0.25) is 0 Å². The number of hydrogen-bond acceptors (Lipinski definition) is 6. The summed E-state index contributed by atoms with van der Waals surface area (Å²) in [5.74, 6) is -1.06. The van der Waals surface area contributed by atoms with Gasteiger partial charge in [0.05, 0.1) is 18.7 Å². The molecule has 1 aliphatic rings. The molecule has 4 aromatic rings. The Morgan fingerprint density at radius 3 is 2.47 bits per heavy atom. The third-order valence-electron chi connectivity index (χ3n) is 5.49. The number of carbonyl (C=O) groups is 2. The number of nitrogens with zero attached hydrogens (tertiary/aromatic N) is 2. The van der Waals surface area contributed by atoms with E-state index in [4.69, 9.17) is 13.6 Å². The van der Waals surface area contributed by atoms with Crippen LogP contribution in [0.15, 0.2) is 62.2 Å². The van der Waals surface area contributed by atoms with E-state index in [1.54, 1.807) is 47.4 Å². The highest BCUT2D eigenvalue weighted by Crippen LogP contribution is 2.32. The summed E-state index contributed by atoms with van der Waals surface area (Å²) in [5.41, 5.74) is 1.95. The molecule has 1 fully saturated rings. The van der Waals surface area contributed by atoms with Crippen LogP contribution in [0, 0.1) is 0 Å². The van der Waals surface area contributed by atoms with Gasteiger partial charge < -0.3 is 23.8 Å². The minimum absolute atomic E-state index is 0.0220. The molecule has 1 aliphatic heterocycles. The molecule has 9 heteroatoms. The predicted molar refractivity (Wildman–Crippen MR) is 117 cm³/mol. The molecule has 0 radical (unpaired) electrons. The molecule has 0 aliphatic carbocycles. The lowest BCUT2D eigenvalue weighted by Gasteiger charge is -2.26. The summed E-state index contributed by atoms with van der Waals surface area (Å²) in [7, 11) is 0. The van der Waals surface area contributed by atoms with Gasteiger partial charge in [-0.15, -0.1) is 0 Å². The number of amides is 2. The van der Waals surface area contributed by atoms with Crippen LogP contribution in [0.25, 0.3) is 22.1 Å². The van der Waals surface area contributed by atoms with E-state index >= 15 is 0 Å². The number of morpholine rings is 1. The van der Waals surface area contributed by atoms with Crippen molar-refractivity contribution in [2.24, 2.45) is 0 Å². The van der Waals surface area contributed by atoms with Gasteiger partial charge in [-0.3, -0.25) is 14.2 Å². The second kappa shape index (κ2) is 8.35. The fourth-order valence-electron chi connectivity index (χ4n) is 3.87. The number of furan rings is 1. The zero-order valence-electron chi connectivity index (χ0n) is 17.2. The molecular formula is C23H21N3O6. The minimum atomic E-state index is -0.518. The van der Waals surface area contributed by atoms with Gasteiger partial charge in [-0.25, -0.2) is 4.79 Å². The van der Waals surface area contributed by atoms with Crippen LogP contribution in [0.4, 0.5) is 5.69 Å². The van der Waals surface area contributed by atoms with Crippen molar-refractivity contribution >= 4 is 39.6 Å². The molecule has 0 atom stereocenters. The monoisotopic (exact) mass is 435 g/mol. The van der Waals surface area contributed by atoms with Crippen molar-refractivity contribution in [3.05, 3.63) is 64.8 Å². The molecule has 2 aromatic heterocycles. The molecule has 5 rings (SSSR count). The highest BCUT2D eigenvalue weighted by atomic mass is 16.5. The quantitative estimate of drug-likeness (QED) is 0.517. The van der Waals surface area contributed by atoms with Gasteiger partial charge >= 0.3 is 5.76 Å². The number of fused-ring (bicyclic) bond motifs is 2. The molecule has 0 unspecified atom stereocenters. The van der Waals surface area contributed by atoms with Crippen molar-refractivity contribution in [1.29, 1.82) is 0 Å². The number of benzene rings is 2. The zero-order valence-corrected chi connectivity index (χ0v) is 17.2. The van der Waals surface area contributed by atoms with E-state index in [2.05, 4.69) is 5.32 Å². The normalized spacial score (nSPS) is 14.2. The van der Waals surface area contributed by atoms with E-state index in [1.165, 1.54) is 4.57 Å². The van der Waals surface area contributed by atoms with Crippen molar-refractivity contribution in [3.63, 3.8) is 0 Å². The smallest absolute Gasteiger partial charge is 0.419 e. The van der Waals surface area contributed by atoms with Crippen molar-refractivity contribution < 1.29 is 23.2 Å². The molecule has 0 saturated carbocycles. The van der Waals surface area contributed by atoms with Gasteiger partial charge in [-0.2, -0.15) is 0 Å². The molecule has 32 heavy (non-hydrogen) atoms. The minimum Gasteiger partial charge on any atom is -0.449 e.